The van der Waals surface area contributed by atoms with Crippen molar-refractivity contribution in [1.82, 2.24) is 0 Å². The highest BCUT2D eigenvalue weighted by atomic mass is 32.2. The summed E-state index contributed by atoms with van der Waals surface area (Å²) in [5.74, 6) is -0.265. The van der Waals surface area contributed by atoms with E-state index in [1.54, 1.807) is 18.7 Å². The van der Waals surface area contributed by atoms with E-state index in [1.165, 1.54) is 11.3 Å². The van der Waals surface area contributed by atoms with Gasteiger partial charge in [-0.2, -0.15) is 11.8 Å². The van der Waals surface area contributed by atoms with Gasteiger partial charge < -0.3 is 10.2 Å². The molecule has 2 N–H and O–H groups in total. The quantitative estimate of drug-likeness (QED) is 0.885. The number of aliphatic hydroxyl groups is 1. The Bertz CT molecular complexity index is 589. The van der Waals surface area contributed by atoms with Gasteiger partial charge in [0.05, 0.1) is 6.10 Å². The second kappa shape index (κ2) is 5.94. The number of hydrogen-bond donors (Lipinski definition) is 2. The monoisotopic (exact) mass is 296 g/mol. The summed E-state index contributed by atoms with van der Waals surface area (Å²) in [6.45, 7) is 3.70. The number of carboxylic acid groups (broad SMARTS) is 1. The number of aromatic carboxylic acids is 1. The van der Waals surface area contributed by atoms with Gasteiger partial charge in [-0.15, -0.1) is 11.3 Å². The van der Waals surface area contributed by atoms with Crippen molar-refractivity contribution in [2.45, 2.75) is 31.0 Å². The summed E-state index contributed by atoms with van der Waals surface area (Å²) in [6, 6.07) is 7.74. The summed E-state index contributed by atoms with van der Waals surface area (Å²) in [4.78, 5) is 11.7. The van der Waals surface area contributed by atoms with E-state index >= 15 is 0 Å². The van der Waals surface area contributed by atoms with Crippen LogP contribution in [0.25, 0.3) is 10.1 Å². The molecule has 0 spiro atoms. The van der Waals surface area contributed by atoms with E-state index in [0.29, 0.717) is 10.6 Å². The van der Waals surface area contributed by atoms with E-state index in [0.717, 1.165) is 15.6 Å². The zero-order valence-electron chi connectivity index (χ0n) is 10.8. The fraction of sp³-hybridized carbons (Fsp3) is 0.357. The summed E-state index contributed by atoms with van der Waals surface area (Å²) >= 11 is 2.90. The Kier molecular flexibility index (Phi) is 4.50. The lowest BCUT2D eigenvalue weighted by molar-refractivity contribution is 0.0701. The van der Waals surface area contributed by atoms with Gasteiger partial charge in [0.15, 0.2) is 0 Å². The van der Waals surface area contributed by atoms with Crippen molar-refractivity contribution >= 4 is 39.2 Å². The van der Waals surface area contributed by atoms with Crippen molar-refractivity contribution in [3.8, 4) is 0 Å². The lowest BCUT2D eigenvalue weighted by Crippen LogP contribution is -2.15. The number of benzene rings is 1. The van der Waals surface area contributed by atoms with Crippen LogP contribution in [-0.4, -0.2) is 27.5 Å². The zero-order valence-corrected chi connectivity index (χ0v) is 12.4. The van der Waals surface area contributed by atoms with Gasteiger partial charge in [0.25, 0.3) is 0 Å². The third-order valence-corrected chi connectivity index (χ3v) is 5.64. The minimum absolute atomic E-state index is 0.0836. The van der Waals surface area contributed by atoms with Crippen LogP contribution in [0, 0.1) is 0 Å². The van der Waals surface area contributed by atoms with Gasteiger partial charge in [0, 0.05) is 15.7 Å². The summed E-state index contributed by atoms with van der Waals surface area (Å²) < 4.78 is 1.00. The third-order valence-electron chi connectivity index (χ3n) is 3.06. The number of carboxylic acids is 1. The molecular weight excluding hydrogens is 280 g/mol. The maximum atomic E-state index is 11.3. The summed E-state index contributed by atoms with van der Waals surface area (Å²) in [5.41, 5.74) is 0.866. The molecule has 2 aromatic rings. The van der Waals surface area contributed by atoms with Gasteiger partial charge in [0.2, 0.25) is 0 Å². The number of fused-ring (bicyclic) bond motifs is 1. The number of carbonyl (C=O) groups is 1. The van der Waals surface area contributed by atoms with E-state index < -0.39 is 12.1 Å². The molecule has 0 bridgehead atoms. The highest BCUT2D eigenvalue weighted by molar-refractivity contribution is 7.99. The van der Waals surface area contributed by atoms with E-state index in [4.69, 9.17) is 0 Å². The Balaban J connectivity index is 2.34. The molecule has 1 aromatic heterocycles. The largest absolute Gasteiger partial charge is 0.477 e. The first-order chi connectivity index (χ1) is 9.00. The van der Waals surface area contributed by atoms with Gasteiger partial charge in [-0.1, -0.05) is 25.1 Å². The molecule has 2 atom stereocenters. The highest BCUT2D eigenvalue weighted by Crippen LogP contribution is 2.35. The van der Waals surface area contributed by atoms with E-state index in [1.807, 2.05) is 31.2 Å². The highest BCUT2D eigenvalue weighted by Gasteiger charge is 2.19. The predicted molar refractivity (Wildman–Crippen MR) is 81.2 cm³/mol. The van der Waals surface area contributed by atoms with Gasteiger partial charge in [0.1, 0.15) is 4.88 Å². The molecule has 2 unspecified atom stereocenters. The maximum absolute atomic E-state index is 11.3. The molecule has 3 nitrogen and oxygen atoms in total. The van der Waals surface area contributed by atoms with Crippen molar-refractivity contribution in [1.29, 1.82) is 0 Å². The lowest BCUT2D eigenvalue weighted by Gasteiger charge is -2.13. The van der Waals surface area contributed by atoms with Crippen molar-refractivity contribution in [3.63, 3.8) is 0 Å². The molecule has 0 aliphatic rings. The van der Waals surface area contributed by atoms with Crippen LogP contribution in [0.1, 0.15) is 29.1 Å². The molecule has 0 saturated carbocycles. The Hall–Kier alpha value is -1.04. The topological polar surface area (TPSA) is 57.5 Å². The van der Waals surface area contributed by atoms with Gasteiger partial charge in [-0.25, -0.2) is 4.79 Å². The molecule has 0 fully saturated rings. The van der Waals surface area contributed by atoms with Crippen LogP contribution in [0.15, 0.2) is 24.3 Å². The molecule has 1 aromatic carbocycles. The molecule has 0 saturated heterocycles. The second-order valence-electron chi connectivity index (χ2n) is 4.47. The summed E-state index contributed by atoms with van der Waals surface area (Å²) in [6.07, 6.45) is -0.400. The van der Waals surface area contributed by atoms with Gasteiger partial charge in [-0.05, 0) is 23.9 Å². The minimum atomic E-state index is -0.874. The third kappa shape index (κ3) is 3.11. The Morgan fingerprint density at radius 3 is 2.68 bits per heavy atom. The average molecular weight is 296 g/mol. The van der Waals surface area contributed by atoms with Crippen molar-refractivity contribution in [3.05, 3.63) is 34.7 Å². The van der Waals surface area contributed by atoms with Crippen LogP contribution in [0.4, 0.5) is 0 Å². The molecule has 19 heavy (non-hydrogen) atoms. The molecule has 0 aliphatic carbocycles. The van der Waals surface area contributed by atoms with E-state index in [9.17, 15) is 15.0 Å². The molecule has 0 radical (unpaired) electrons. The Labute approximate surface area is 120 Å². The molecule has 0 aliphatic heterocycles. The fourth-order valence-electron chi connectivity index (χ4n) is 1.77. The Morgan fingerprint density at radius 1 is 1.37 bits per heavy atom. The number of rotatable bonds is 5. The molecule has 2 rings (SSSR count). The smallest absolute Gasteiger partial charge is 0.346 e. The molecule has 0 amide bonds. The first-order valence-electron chi connectivity index (χ1n) is 6.04. The standard InChI is InChI=1S/C14H16O3S2/c1-8(15)9(2)18-7-11-10-5-3-4-6-12(10)19-13(11)14(16)17/h3-6,8-9,15H,7H2,1-2H3,(H,16,17). The number of hydrogen-bond acceptors (Lipinski definition) is 4. The number of thiophene rings is 1. The van der Waals surface area contributed by atoms with Crippen LogP contribution in [0.2, 0.25) is 0 Å². The SMILES string of the molecule is CC(O)C(C)SCc1c(C(=O)O)sc2ccccc12. The zero-order chi connectivity index (χ0) is 14.0. The van der Waals surface area contributed by atoms with E-state index in [-0.39, 0.29) is 5.25 Å². The summed E-state index contributed by atoms with van der Waals surface area (Å²) in [5, 5.41) is 19.9. The van der Waals surface area contributed by atoms with E-state index in [2.05, 4.69) is 0 Å². The lowest BCUT2D eigenvalue weighted by atomic mass is 10.1. The number of aliphatic hydroxyl groups excluding tert-OH is 1. The number of thioether (sulfide) groups is 1. The van der Waals surface area contributed by atoms with Crippen LogP contribution < -0.4 is 0 Å². The van der Waals surface area contributed by atoms with Crippen LogP contribution >= 0.6 is 23.1 Å². The minimum Gasteiger partial charge on any atom is -0.477 e. The normalized spacial score (nSPS) is 14.5. The van der Waals surface area contributed by atoms with Crippen LogP contribution in [-0.2, 0) is 5.75 Å². The van der Waals surface area contributed by atoms with Crippen LogP contribution in [0.3, 0.4) is 0 Å². The Morgan fingerprint density at radius 2 is 2.05 bits per heavy atom. The molecular formula is C14H16O3S2. The van der Waals surface area contributed by atoms with Gasteiger partial charge in [-0.3, -0.25) is 0 Å². The second-order valence-corrected chi connectivity index (χ2v) is 6.89. The predicted octanol–water partition coefficient (Wildman–Crippen LogP) is 3.60. The fourth-order valence-corrected chi connectivity index (χ4v) is 3.93. The van der Waals surface area contributed by atoms with Crippen molar-refractivity contribution in [2.75, 3.05) is 0 Å². The molecule has 5 heteroatoms. The summed E-state index contributed by atoms with van der Waals surface area (Å²) in [7, 11) is 0. The van der Waals surface area contributed by atoms with Crippen LogP contribution in [0.5, 0.6) is 0 Å². The van der Waals surface area contributed by atoms with Crippen molar-refractivity contribution < 1.29 is 15.0 Å². The first kappa shape index (κ1) is 14.4. The maximum Gasteiger partial charge on any atom is 0.346 e. The van der Waals surface area contributed by atoms with Crippen molar-refractivity contribution in [2.24, 2.45) is 0 Å². The van der Waals surface area contributed by atoms with Gasteiger partial charge >= 0.3 is 5.97 Å². The average Bonchev–Trinajstić information content (AvgIpc) is 2.74. The molecule has 102 valence electrons. The first-order valence-corrected chi connectivity index (χ1v) is 7.90. The molecule has 1 heterocycles.